The molecule has 1 aromatic carbocycles. The SMILES string of the molecule is N#Cc1ccc(OCC(O)CN2CCCC2Cn2cncn2)cc1. The van der Waals surface area contributed by atoms with E-state index in [9.17, 15) is 5.11 Å². The maximum atomic E-state index is 10.3. The molecule has 3 rings (SSSR count). The number of β-amino-alcohol motifs (C(OH)–C–C–N with tert-alkyl or cyclic N) is 1. The van der Waals surface area contributed by atoms with Crippen LogP contribution in [0.25, 0.3) is 0 Å². The average Bonchev–Trinajstić information content (AvgIpc) is 3.26. The van der Waals surface area contributed by atoms with Crippen LogP contribution in [0.1, 0.15) is 18.4 Å². The van der Waals surface area contributed by atoms with Crippen LogP contribution in [0.15, 0.2) is 36.9 Å². The van der Waals surface area contributed by atoms with Gasteiger partial charge in [-0.1, -0.05) is 0 Å². The van der Waals surface area contributed by atoms with Gasteiger partial charge in [0.1, 0.15) is 31.1 Å². The summed E-state index contributed by atoms with van der Waals surface area (Å²) in [6.45, 7) is 2.59. The van der Waals surface area contributed by atoms with Gasteiger partial charge in [-0.2, -0.15) is 10.4 Å². The number of benzene rings is 1. The molecule has 24 heavy (non-hydrogen) atoms. The van der Waals surface area contributed by atoms with E-state index in [0.29, 0.717) is 23.9 Å². The summed E-state index contributed by atoms with van der Waals surface area (Å²) in [5, 5.41) is 23.2. The molecule has 0 amide bonds. The highest BCUT2D eigenvalue weighted by Crippen LogP contribution is 2.19. The second kappa shape index (κ2) is 7.90. The Labute approximate surface area is 141 Å². The molecule has 1 fully saturated rings. The normalized spacial score (nSPS) is 19.1. The van der Waals surface area contributed by atoms with Gasteiger partial charge >= 0.3 is 0 Å². The fourth-order valence-corrected chi connectivity index (χ4v) is 3.03. The Kier molecular flexibility index (Phi) is 5.41. The van der Waals surface area contributed by atoms with Gasteiger partial charge in [0.05, 0.1) is 18.2 Å². The Morgan fingerprint density at radius 1 is 1.38 bits per heavy atom. The summed E-state index contributed by atoms with van der Waals surface area (Å²) >= 11 is 0. The quantitative estimate of drug-likeness (QED) is 0.818. The molecule has 2 unspecified atom stereocenters. The molecule has 0 bridgehead atoms. The summed E-state index contributed by atoms with van der Waals surface area (Å²) in [7, 11) is 0. The lowest BCUT2D eigenvalue weighted by Gasteiger charge is -2.26. The predicted octanol–water partition coefficient (Wildman–Crippen LogP) is 1.05. The van der Waals surface area contributed by atoms with Crippen molar-refractivity contribution < 1.29 is 9.84 Å². The third-order valence-corrected chi connectivity index (χ3v) is 4.23. The van der Waals surface area contributed by atoms with E-state index in [2.05, 4.69) is 21.1 Å². The molecule has 7 nitrogen and oxygen atoms in total. The van der Waals surface area contributed by atoms with Crippen LogP contribution >= 0.6 is 0 Å². The zero-order valence-electron chi connectivity index (χ0n) is 13.5. The molecule has 1 saturated heterocycles. The molecule has 0 radical (unpaired) electrons. The van der Waals surface area contributed by atoms with Gasteiger partial charge in [-0.15, -0.1) is 0 Å². The second-order valence-electron chi connectivity index (χ2n) is 6.01. The van der Waals surface area contributed by atoms with Crippen molar-refractivity contribution in [2.75, 3.05) is 19.7 Å². The first-order valence-corrected chi connectivity index (χ1v) is 8.12. The Balaban J connectivity index is 1.46. The zero-order valence-corrected chi connectivity index (χ0v) is 13.5. The molecule has 2 aromatic rings. The van der Waals surface area contributed by atoms with E-state index in [1.807, 2.05) is 4.68 Å². The maximum absolute atomic E-state index is 10.3. The number of rotatable bonds is 7. The molecule has 0 saturated carbocycles. The fraction of sp³-hybridized carbons (Fsp3) is 0.471. The summed E-state index contributed by atoms with van der Waals surface area (Å²) in [5.41, 5.74) is 0.593. The Bertz CT molecular complexity index is 665. The minimum absolute atomic E-state index is 0.235. The van der Waals surface area contributed by atoms with E-state index in [4.69, 9.17) is 10.00 Å². The van der Waals surface area contributed by atoms with E-state index in [1.54, 1.807) is 36.9 Å². The molecule has 1 N–H and O–H groups in total. The van der Waals surface area contributed by atoms with Crippen LogP contribution in [0.4, 0.5) is 0 Å². The van der Waals surface area contributed by atoms with Gasteiger partial charge in [0, 0.05) is 12.6 Å². The van der Waals surface area contributed by atoms with Crippen LogP contribution < -0.4 is 4.74 Å². The highest BCUT2D eigenvalue weighted by molar-refractivity contribution is 5.34. The monoisotopic (exact) mass is 327 g/mol. The highest BCUT2D eigenvalue weighted by atomic mass is 16.5. The summed E-state index contributed by atoms with van der Waals surface area (Å²) in [5.74, 6) is 0.661. The maximum Gasteiger partial charge on any atom is 0.137 e. The number of nitriles is 1. The van der Waals surface area contributed by atoms with Gasteiger partial charge in [-0.05, 0) is 43.7 Å². The third kappa shape index (κ3) is 4.31. The largest absolute Gasteiger partial charge is 0.491 e. The number of likely N-dealkylation sites (tertiary alicyclic amines) is 1. The molecule has 2 atom stereocenters. The Hall–Kier alpha value is -2.43. The number of aliphatic hydroxyl groups excluding tert-OH is 1. The van der Waals surface area contributed by atoms with Gasteiger partial charge in [0.2, 0.25) is 0 Å². The molecule has 0 aliphatic carbocycles. The van der Waals surface area contributed by atoms with E-state index < -0.39 is 6.10 Å². The van der Waals surface area contributed by atoms with Crippen LogP contribution in [0.3, 0.4) is 0 Å². The first kappa shape index (κ1) is 16.4. The minimum atomic E-state index is -0.558. The van der Waals surface area contributed by atoms with Crippen molar-refractivity contribution in [2.45, 2.75) is 31.5 Å². The van der Waals surface area contributed by atoms with Gasteiger partial charge in [-0.3, -0.25) is 9.58 Å². The summed E-state index contributed by atoms with van der Waals surface area (Å²) in [4.78, 5) is 6.26. The number of ether oxygens (including phenoxy) is 1. The highest BCUT2D eigenvalue weighted by Gasteiger charge is 2.26. The molecule has 126 valence electrons. The number of aliphatic hydroxyl groups is 1. The van der Waals surface area contributed by atoms with Crippen molar-refractivity contribution in [2.24, 2.45) is 0 Å². The molecule has 1 aliphatic rings. The molecular weight excluding hydrogens is 306 g/mol. The molecule has 1 aromatic heterocycles. The molecule has 7 heteroatoms. The van der Waals surface area contributed by atoms with Crippen LogP contribution in [0, 0.1) is 11.3 Å². The third-order valence-electron chi connectivity index (χ3n) is 4.23. The number of hydrogen-bond acceptors (Lipinski definition) is 6. The van der Waals surface area contributed by atoms with E-state index in [1.165, 1.54) is 0 Å². The minimum Gasteiger partial charge on any atom is -0.491 e. The van der Waals surface area contributed by atoms with Gasteiger partial charge < -0.3 is 9.84 Å². The predicted molar refractivity (Wildman–Crippen MR) is 87.3 cm³/mol. The smallest absolute Gasteiger partial charge is 0.137 e. The second-order valence-corrected chi connectivity index (χ2v) is 6.01. The van der Waals surface area contributed by atoms with Crippen molar-refractivity contribution in [3.8, 4) is 11.8 Å². The topological polar surface area (TPSA) is 87.2 Å². The van der Waals surface area contributed by atoms with Gasteiger partial charge in [-0.25, -0.2) is 4.98 Å². The van der Waals surface area contributed by atoms with Crippen molar-refractivity contribution >= 4 is 0 Å². The molecular formula is C17H21N5O2. The van der Waals surface area contributed by atoms with Crippen molar-refractivity contribution in [1.29, 1.82) is 5.26 Å². The van der Waals surface area contributed by atoms with Crippen molar-refractivity contribution in [3.63, 3.8) is 0 Å². The average molecular weight is 327 g/mol. The molecule has 0 spiro atoms. The molecule has 1 aliphatic heterocycles. The fourth-order valence-electron chi connectivity index (χ4n) is 3.03. The van der Waals surface area contributed by atoms with Gasteiger partial charge in [0.25, 0.3) is 0 Å². The lowest BCUT2D eigenvalue weighted by Crippen LogP contribution is -2.40. The lowest BCUT2D eigenvalue weighted by molar-refractivity contribution is 0.0609. The summed E-state index contributed by atoms with van der Waals surface area (Å²) in [6.07, 6.45) is 4.93. The van der Waals surface area contributed by atoms with E-state index >= 15 is 0 Å². The van der Waals surface area contributed by atoms with Crippen molar-refractivity contribution in [1.82, 2.24) is 19.7 Å². The van der Waals surface area contributed by atoms with Crippen LogP contribution in [-0.4, -0.2) is 56.6 Å². The lowest BCUT2D eigenvalue weighted by atomic mass is 10.2. The van der Waals surface area contributed by atoms with Gasteiger partial charge in [0.15, 0.2) is 0 Å². The number of aromatic nitrogens is 3. The first-order valence-electron chi connectivity index (χ1n) is 8.12. The van der Waals surface area contributed by atoms with E-state index in [-0.39, 0.29) is 6.61 Å². The zero-order chi connectivity index (χ0) is 16.8. The number of nitrogens with zero attached hydrogens (tertiary/aromatic N) is 5. The summed E-state index contributed by atoms with van der Waals surface area (Å²) < 4.78 is 7.44. The van der Waals surface area contributed by atoms with Crippen LogP contribution in [0.5, 0.6) is 5.75 Å². The Morgan fingerprint density at radius 3 is 2.92 bits per heavy atom. The standard InChI is InChI=1S/C17H21N5O2/c18-8-14-3-5-17(6-4-14)24-11-16(23)10-21-7-1-2-15(21)9-22-13-19-12-20-22/h3-6,12-13,15-16,23H,1-2,7,9-11H2. The van der Waals surface area contributed by atoms with Crippen LogP contribution in [-0.2, 0) is 6.54 Å². The Morgan fingerprint density at radius 2 is 2.21 bits per heavy atom. The molecule has 2 heterocycles. The van der Waals surface area contributed by atoms with E-state index in [0.717, 1.165) is 25.9 Å². The number of hydrogen-bond donors (Lipinski definition) is 1. The van der Waals surface area contributed by atoms with Crippen LogP contribution in [0.2, 0.25) is 0 Å². The first-order chi connectivity index (χ1) is 11.7. The van der Waals surface area contributed by atoms with Crippen molar-refractivity contribution in [3.05, 3.63) is 42.5 Å². The summed E-state index contributed by atoms with van der Waals surface area (Å²) in [6, 6.07) is 9.34.